The molecule has 0 atom stereocenters. The van der Waals surface area contributed by atoms with Crippen LogP contribution in [0.25, 0.3) is 10.9 Å². The lowest BCUT2D eigenvalue weighted by molar-refractivity contribution is 0.537. The molecule has 0 aliphatic carbocycles. The first-order valence-corrected chi connectivity index (χ1v) is 11.5. The van der Waals surface area contributed by atoms with E-state index in [2.05, 4.69) is 41.5 Å². The molecule has 27 heavy (non-hydrogen) atoms. The summed E-state index contributed by atoms with van der Waals surface area (Å²) in [5, 5.41) is 4.78. The van der Waals surface area contributed by atoms with Gasteiger partial charge >= 0.3 is 0 Å². The van der Waals surface area contributed by atoms with Crippen LogP contribution >= 0.6 is 0 Å². The largest absolute Gasteiger partial charge is 0.383 e. The molecule has 2 rings (SSSR count). The van der Waals surface area contributed by atoms with E-state index >= 15 is 0 Å². The summed E-state index contributed by atoms with van der Waals surface area (Å²) in [6, 6.07) is 10.5. The van der Waals surface area contributed by atoms with Gasteiger partial charge in [-0.2, -0.15) is 0 Å². The highest BCUT2D eigenvalue weighted by molar-refractivity contribution is 5.90. The van der Waals surface area contributed by atoms with Crippen LogP contribution in [0, 0.1) is 0 Å². The van der Waals surface area contributed by atoms with Gasteiger partial charge in [0.25, 0.3) is 0 Å². The van der Waals surface area contributed by atoms with Gasteiger partial charge < -0.3 is 5.32 Å². The van der Waals surface area contributed by atoms with Crippen molar-refractivity contribution in [1.82, 2.24) is 4.98 Å². The monoisotopic (exact) mass is 368 g/mol. The van der Waals surface area contributed by atoms with E-state index in [0.717, 1.165) is 12.1 Å². The lowest BCUT2D eigenvalue weighted by Gasteiger charge is -2.09. The number of nitrogens with zero attached hydrogens (tertiary/aromatic N) is 1. The minimum absolute atomic E-state index is 1.05. The fourth-order valence-electron chi connectivity index (χ4n) is 3.79. The Kier molecular flexibility index (Phi) is 11.7. The average molecular weight is 369 g/mol. The minimum atomic E-state index is 1.05. The maximum absolute atomic E-state index is 4.51. The maximum atomic E-state index is 4.51. The molecule has 0 spiro atoms. The van der Waals surface area contributed by atoms with Gasteiger partial charge in [-0.05, 0) is 18.6 Å². The van der Waals surface area contributed by atoms with Crippen LogP contribution in [-0.2, 0) is 0 Å². The van der Waals surface area contributed by atoms with Crippen LogP contribution in [0.5, 0.6) is 0 Å². The van der Waals surface area contributed by atoms with Crippen LogP contribution in [0.15, 0.2) is 36.5 Å². The molecule has 2 heteroatoms. The molecule has 2 aromatic rings. The predicted octanol–water partition coefficient (Wildman–Crippen LogP) is 8.13. The third-order valence-electron chi connectivity index (χ3n) is 5.48. The first kappa shape index (κ1) is 21.7. The predicted molar refractivity (Wildman–Crippen MR) is 121 cm³/mol. The van der Waals surface area contributed by atoms with Gasteiger partial charge in [-0.1, -0.05) is 109 Å². The second kappa shape index (κ2) is 14.5. The number of hydrogen-bond donors (Lipinski definition) is 1. The van der Waals surface area contributed by atoms with E-state index in [4.69, 9.17) is 0 Å². The lowest BCUT2D eigenvalue weighted by Crippen LogP contribution is -2.02. The van der Waals surface area contributed by atoms with E-state index in [0.29, 0.717) is 0 Å². The zero-order valence-corrected chi connectivity index (χ0v) is 17.5. The number of nitrogens with one attached hydrogen (secondary N) is 1. The topological polar surface area (TPSA) is 24.9 Å². The average Bonchev–Trinajstić information content (AvgIpc) is 2.71. The third kappa shape index (κ3) is 9.26. The highest BCUT2D eigenvalue weighted by atomic mass is 14.9. The van der Waals surface area contributed by atoms with Gasteiger partial charge in [-0.25, -0.2) is 0 Å². The Hall–Kier alpha value is -1.57. The highest BCUT2D eigenvalue weighted by Crippen LogP contribution is 2.20. The molecule has 1 heterocycles. The smallest absolute Gasteiger partial charge is 0.0933 e. The molecule has 0 unspecified atom stereocenters. The van der Waals surface area contributed by atoms with E-state index in [1.165, 1.54) is 101 Å². The van der Waals surface area contributed by atoms with Crippen LogP contribution in [-0.4, -0.2) is 11.5 Å². The minimum Gasteiger partial charge on any atom is -0.383 e. The van der Waals surface area contributed by atoms with Crippen molar-refractivity contribution in [1.29, 1.82) is 0 Å². The molecule has 0 radical (unpaired) electrons. The summed E-state index contributed by atoms with van der Waals surface area (Å²) in [7, 11) is 0. The summed E-state index contributed by atoms with van der Waals surface area (Å²) in [6.45, 7) is 3.34. The van der Waals surface area contributed by atoms with Crippen molar-refractivity contribution < 1.29 is 0 Å². The molecule has 150 valence electrons. The van der Waals surface area contributed by atoms with Crippen LogP contribution in [0.4, 0.5) is 5.69 Å². The molecule has 1 aromatic heterocycles. The third-order valence-corrected chi connectivity index (χ3v) is 5.48. The number of para-hydroxylation sites is 1. The molecule has 0 saturated heterocycles. The van der Waals surface area contributed by atoms with E-state index in [-0.39, 0.29) is 0 Å². The van der Waals surface area contributed by atoms with Crippen molar-refractivity contribution >= 4 is 16.6 Å². The van der Waals surface area contributed by atoms with E-state index in [1.807, 2.05) is 12.3 Å². The van der Waals surface area contributed by atoms with Crippen LogP contribution in [0.1, 0.15) is 96.8 Å². The summed E-state index contributed by atoms with van der Waals surface area (Å²) in [5.41, 5.74) is 2.26. The Labute approximate surface area is 167 Å². The van der Waals surface area contributed by atoms with E-state index in [1.54, 1.807) is 0 Å². The zero-order chi connectivity index (χ0) is 19.0. The summed E-state index contributed by atoms with van der Waals surface area (Å²) in [4.78, 5) is 4.51. The summed E-state index contributed by atoms with van der Waals surface area (Å²) >= 11 is 0. The van der Waals surface area contributed by atoms with Crippen molar-refractivity contribution in [2.75, 3.05) is 11.9 Å². The Morgan fingerprint density at radius 2 is 1.22 bits per heavy atom. The number of unbranched alkanes of at least 4 members (excludes halogenated alkanes) is 13. The molecule has 1 aromatic carbocycles. The zero-order valence-electron chi connectivity index (χ0n) is 17.5. The van der Waals surface area contributed by atoms with Crippen molar-refractivity contribution in [2.45, 2.75) is 96.8 Å². The number of fused-ring (bicyclic) bond motifs is 1. The van der Waals surface area contributed by atoms with Gasteiger partial charge in [-0.3, -0.25) is 4.98 Å². The van der Waals surface area contributed by atoms with Gasteiger partial charge in [0.05, 0.1) is 11.2 Å². The van der Waals surface area contributed by atoms with Crippen molar-refractivity contribution in [2.24, 2.45) is 0 Å². The fourth-order valence-corrected chi connectivity index (χ4v) is 3.79. The Bertz CT molecular complexity index is 603. The Morgan fingerprint density at radius 1 is 0.667 bits per heavy atom. The number of aromatic nitrogens is 1. The molecule has 0 aliphatic rings. The Morgan fingerprint density at radius 3 is 1.85 bits per heavy atom. The molecular weight excluding hydrogens is 328 g/mol. The van der Waals surface area contributed by atoms with Gasteiger partial charge in [0.15, 0.2) is 0 Å². The number of benzene rings is 1. The van der Waals surface area contributed by atoms with Gasteiger partial charge in [0.2, 0.25) is 0 Å². The molecule has 0 bridgehead atoms. The first-order valence-electron chi connectivity index (χ1n) is 11.5. The summed E-state index contributed by atoms with van der Waals surface area (Å²) in [6.07, 6.45) is 21.6. The quantitative estimate of drug-likeness (QED) is 0.302. The van der Waals surface area contributed by atoms with E-state index < -0.39 is 0 Å². The first-order chi connectivity index (χ1) is 13.4. The Balaban J connectivity index is 1.40. The lowest BCUT2D eigenvalue weighted by atomic mass is 10.0. The number of anilines is 1. The second-order valence-electron chi connectivity index (χ2n) is 7.90. The number of rotatable bonds is 16. The second-order valence-corrected chi connectivity index (χ2v) is 7.90. The van der Waals surface area contributed by atoms with Gasteiger partial charge in [0.1, 0.15) is 0 Å². The van der Waals surface area contributed by atoms with E-state index in [9.17, 15) is 0 Å². The normalized spacial score (nSPS) is 11.1. The molecule has 0 amide bonds. The van der Waals surface area contributed by atoms with Crippen LogP contribution < -0.4 is 5.32 Å². The summed E-state index contributed by atoms with van der Waals surface area (Å²) in [5.74, 6) is 0. The molecule has 0 fully saturated rings. The van der Waals surface area contributed by atoms with Gasteiger partial charge in [-0.15, -0.1) is 0 Å². The molecule has 0 aliphatic heterocycles. The van der Waals surface area contributed by atoms with Crippen LogP contribution in [0.3, 0.4) is 0 Å². The molecular formula is C25H40N2. The van der Waals surface area contributed by atoms with Crippen LogP contribution in [0.2, 0.25) is 0 Å². The molecule has 2 nitrogen and oxygen atoms in total. The van der Waals surface area contributed by atoms with Crippen molar-refractivity contribution in [3.63, 3.8) is 0 Å². The van der Waals surface area contributed by atoms with Crippen molar-refractivity contribution in [3.8, 4) is 0 Å². The highest BCUT2D eigenvalue weighted by Gasteiger charge is 2.00. The SMILES string of the molecule is CCCCCCCCCCCCCCCCNc1cccc2cccnc12. The maximum Gasteiger partial charge on any atom is 0.0933 e. The van der Waals surface area contributed by atoms with Crippen molar-refractivity contribution in [3.05, 3.63) is 36.5 Å². The number of pyridine rings is 1. The molecule has 0 saturated carbocycles. The molecule has 1 N–H and O–H groups in total. The standard InChI is InChI=1S/C25H40N2/c1-2-3-4-5-6-7-8-9-10-11-12-13-14-15-21-26-24-20-16-18-23-19-17-22-27-25(23)24/h16-20,22,26H,2-15,21H2,1H3. The van der Waals surface area contributed by atoms with Gasteiger partial charge in [0, 0.05) is 18.1 Å². The number of hydrogen-bond acceptors (Lipinski definition) is 2. The summed E-state index contributed by atoms with van der Waals surface area (Å²) < 4.78 is 0. The fraction of sp³-hybridized carbons (Fsp3) is 0.640.